The van der Waals surface area contributed by atoms with Crippen molar-refractivity contribution in [3.8, 4) is 5.75 Å². The standard InChI is InChI=1S/C14H21N2O4P/c1-3-16(4-2)8-7-11-10-15-14-9-12(5-6-13(11)14)20-21(17,18)19/h5-6,9-10,15H,3-4,7-8H2,1-2H3,(H2,17,18,19). The minimum Gasteiger partial charge on any atom is -0.404 e. The van der Waals surface area contributed by atoms with Crippen molar-refractivity contribution < 1.29 is 18.9 Å². The second kappa shape index (κ2) is 6.62. The van der Waals surface area contributed by atoms with Gasteiger partial charge in [-0.15, -0.1) is 0 Å². The quantitative estimate of drug-likeness (QED) is 0.684. The molecule has 0 unspecified atom stereocenters. The fourth-order valence-electron chi connectivity index (χ4n) is 2.38. The fraction of sp³-hybridized carbons (Fsp3) is 0.429. The lowest BCUT2D eigenvalue weighted by Gasteiger charge is -2.17. The number of hydrogen-bond donors (Lipinski definition) is 3. The van der Waals surface area contributed by atoms with Gasteiger partial charge in [0.05, 0.1) is 0 Å². The van der Waals surface area contributed by atoms with E-state index in [4.69, 9.17) is 9.79 Å². The largest absolute Gasteiger partial charge is 0.524 e. The summed E-state index contributed by atoms with van der Waals surface area (Å²) in [5.41, 5.74) is 2.01. The second-order valence-corrected chi connectivity index (χ2v) is 6.04. The van der Waals surface area contributed by atoms with Crippen LogP contribution in [0.5, 0.6) is 5.75 Å². The monoisotopic (exact) mass is 312 g/mol. The Hall–Kier alpha value is -1.33. The molecule has 0 radical (unpaired) electrons. The van der Waals surface area contributed by atoms with Gasteiger partial charge in [0.1, 0.15) is 5.75 Å². The molecule has 1 aromatic heterocycles. The van der Waals surface area contributed by atoms with Crippen molar-refractivity contribution in [3.05, 3.63) is 30.0 Å². The number of fused-ring (bicyclic) bond motifs is 1. The Morgan fingerprint density at radius 1 is 1.29 bits per heavy atom. The number of benzene rings is 1. The smallest absolute Gasteiger partial charge is 0.404 e. The van der Waals surface area contributed by atoms with Gasteiger partial charge in [-0.2, -0.15) is 0 Å². The molecule has 0 bridgehead atoms. The minimum absolute atomic E-state index is 0.160. The van der Waals surface area contributed by atoms with Crippen molar-refractivity contribution >= 4 is 18.7 Å². The van der Waals surface area contributed by atoms with Gasteiger partial charge in [0.15, 0.2) is 0 Å². The number of rotatable bonds is 7. The minimum atomic E-state index is -4.51. The summed E-state index contributed by atoms with van der Waals surface area (Å²) in [4.78, 5) is 23.1. The van der Waals surface area contributed by atoms with E-state index in [-0.39, 0.29) is 5.75 Å². The Balaban J connectivity index is 2.15. The van der Waals surface area contributed by atoms with E-state index in [0.717, 1.165) is 37.0 Å². The number of phosphoric acid groups is 1. The third-order valence-corrected chi connectivity index (χ3v) is 4.00. The van der Waals surface area contributed by atoms with E-state index in [1.807, 2.05) is 12.3 Å². The van der Waals surface area contributed by atoms with Crippen LogP contribution in [-0.4, -0.2) is 39.3 Å². The Morgan fingerprint density at radius 3 is 2.62 bits per heavy atom. The molecule has 0 atom stereocenters. The second-order valence-electron chi connectivity index (χ2n) is 4.88. The first kappa shape index (κ1) is 16.0. The lowest BCUT2D eigenvalue weighted by atomic mass is 10.1. The Bertz CT molecular complexity index is 645. The predicted molar refractivity (Wildman–Crippen MR) is 82.5 cm³/mol. The van der Waals surface area contributed by atoms with Crippen LogP contribution in [0.1, 0.15) is 19.4 Å². The lowest BCUT2D eigenvalue weighted by Crippen LogP contribution is -2.25. The van der Waals surface area contributed by atoms with Crippen LogP contribution in [0.25, 0.3) is 10.9 Å². The summed E-state index contributed by atoms with van der Waals surface area (Å²) in [5.74, 6) is 0.160. The molecule has 1 aromatic carbocycles. The summed E-state index contributed by atoms with van der Waals surface area (Å²) in [6.45, 7) is 7.33. The zero-order valence-electron chi connectivity index (χ0n) is 12.2. The van der Waals surface area contributed by atoms with Crippen molar-refractivity contribution in [2.45, 2.75) is 20.3 Å². The van der Waals surface area contributed by atoms with E-state index in [1.54, 1.807) is 12.1 Å². The highest BCUT2D eigenvalue weighted by Crippen LogP contribution is 2.38. The van der Waals surface area contributed by atoms with E-state index < -0.39 is 7.82 Å². The molecule has 0 saturated heterocycles. The summed E-state index contributed by atoms with van der Waals surface area (Å²) in [5, 5.41) is 1.06. The number of likely N-dealkylation sites (N-methyl/N-ethyl adjacent to an activating group) is 1. The first-order valence-electron chi connectivity index (χ1n) is 7.00. The maximum absolute atomic E-state index is 10.8. The highest BCUT2D eigenvalue weighted by Gasteiger charge is 2.16. The van der Waals surface area contributed by atoms with Crippen LogP contribution in [0, 0.1) is 0 Å². The molecule has 3 N–H and O–H groups in total. The molecule has 0 amide bonds. The predicted octanol–water partition coefficient (Wildman–Crippen LogP) is 2.52. The number of hydrogen-bond acceptors (Lipinski definition) is 3. The van der Waals surface area contributed by atoms with Crippen LogP contribution in [0.4, 0.5) is 0 Å². The van der Waals surface area contributed by atoms with Crippen molar-refractivity contribution in [2.75, 3.05) is 19.6 Å². The van der Waals surface area contributed by atoms with Crippen molar-refractivity contribution in [3.63, 3.8) is 0 Å². The Labute approximate surface area is 124 Å². The van der Waals surface area contributed by atoms with E-state index in [2.05, 4.69) is 28.3 Å². The first-order valence-corrected chi connectivity index (χ1v) is 8.53. The van der Waals surface area contributed by atoms with Gasteiger partial charge in [-0.25, -0.2) is 4.57 Å². The molecule has 0 aliphatic rings. The third-order valence-electron chi connectivity index (χ3n) is 3.56. The highest BCUT2D eigenvalue weighted by atomic mass is 31.2. The van der Waals surface area contributed by atoms with Gasteiger partial charge in [-0.1, -0.05) is 13.8 Å². The van der Waals surface area contributed by atoms with E-state index in [9.17, 15) is 4.57 Å². The highest BCUT2D eigenvalue weighted by molar-refractivity contribution is 7.46. The lowest BCUT2D eigenvalue weighted by molar-refractivity contribution is 0.283. The van der Waals surface area contributed by atoms with Gasteiger partial charge in [-0.05, 0) is 37.2 Å². The molecule has 6 nitrogen and oxygen atoms in total. The summed E-state index contributed by atoms with van der Waals surface area (Å²) in [7, 11) is -4.51. The summed E-state index contributed by atoms with van der Waals surface area (Å²) < 4.78 is 15.4. The van der Waals surface area contributed by atoms with Gasteiger partial charge in [0, 0.05) is 29.7 Å². The molecule has 0 aliphatic heterocycles. The van der Waals surface area contributed by atoms with Crippen LogP contribution in [0.15, 0.2) is 24.4 Å². The molecule has 116 valence electrons. The molecular weight excluding hydrogens is 291 g/mol. The van der Waals surface area contributed by atoms with Gasteiger partial charge < -0.3 is 14.4 Å². The summed E-state index contributed by atoms with van der Waals surface area (Å²) in [6.07, 6.45) is 2.87. The maximum atomic E-state index is 10.8. The summed E-state index contributed by atoms with van der Waals surface area (Å²) in [6, 6.07) is 5.01. The number of H-pyrrole nitrogens is 1. The van der Waals surface area contributed by atoms with Crippen molar-refractivity contribution in [1.29, 1.82) is 0 Å². The van der Waals surface area contributed by atoms with Crippen molar-refractivity contribution in [2.24, 2.45) is 0 Å². The number of nitrogens with zero attached hydrogens (tertiary/aromatic N) is 1. The van der Waals surface area contributed by atoms with Crippen LogP contribution in [0.3, 0.4) is 0 Å². The number of aromatic amines is 1. The first-order chi connectivity index (χ1) is 9.93. The Kier molecular flexibility index (Phi) is 5.06. The molecule has 0 saturated carbocycles. The Morgan fingerprint density at radius 2 is 2.00 bits per heavy atom. The molecule has 0 fully saturated rings. The molecule has 1 heterocycles. The van der Waals surface area contributed by atoms with Crippen LogP contribution in [0.2, 0.25) is 0 Å². The van der Waals surface area contributed by atoms with Crippen LogP contribution >= 0.6 is 7.82 Å². The molecular formula is C14H21N2O4P. The van der Waals surface area contributed by atoms with Crippen molar-refractivity contribution in [1.82, 2.24) is 9.88 Å². The van der Waals surface area contributed by atoms with E-state index in [0.29, 0.717) is 0 Å². The molecule has 0 spiro atoms. The van der Waals surface area contributed by atoms with Crippen LogP contribution < -0.4 is 4.52 Å². The van der Waals surface area contributed by atoms with Gasteiger partial charge in [0.25, 0.3) is 0 Å². The maximum Gasteiger partial charge on any atom is 0.524 e. The topological polar surface area (TPSA) is 85.8 Å². The number of nitrogens with one attached hydrogen (secondary N) is 1. The van der Waals surface area contributed by atoms with Gasteiger partial charge >= 0.3 is 7.82 Å². The van der Waals surface area contributed by atoms with Crippen LogP contribution in [-0.2, 0) is 11.0 Å². The average molecular weight is 312 g/mol. The van der Waals surface area contributed by atoms with E-state index >= 15 is 0 Å². The van der Waals surface area contributed by atoms with Gasteiger partial charge in [-0.3, -0.25) is 9.79 Å². The molecule has 0 aliphatic carbocycles. The number of phosphoric ester groups is 1. The molecule has 21 heavy (non-hydrogen) atoms. The van der Waals surface area contributed by atoms with Gasteiger partial charge in [0.2, 0.25) is 0 Å². The normalized spacial score (nSPS) is 12.2. The zero-order valence-corrected chi connectivity index (χ0v) is 13.1. The average Bonchev–Trinajstić information content (AvgIpc) is 2.80. The molecule has 7 heteroatoms. The third kappa shape index (κ3) is 4.32. The zero-order chi connectivity index (χ0) is 15.5. The SMILES string of the molecule is CCN(CC)CCc1c[nH]c2cc(OP(=O)(O)O)ccc12. The summed E-state index contributed by atoms with van der Waals surface area (Å²) >= 11 is 0. The molecule has 2 rings (SSSR count). The fourth-order valence-corrected chi connectivity index (χ4v) is 2.77. The number of aromatic nitrogens is 1. The van der Waals surface area contributed by atoms with E-state index in [1.165, 1.54) is 5.56 Å². The molecule has 2 aromatic rings.